The summed E-state index contributed by atoms with van der Waals surface area (Å²) in [7, 11) is 0. The number of rotatable bonds is 6. The van der Waals surface area contributed by atoms with E-state index < -0.39 is 0 Å². The molecule has 0 radical (unpaired) electrons. The molecule has 1 aromatic rings. The van der Waals surface area contributed by atoms with E-state index in [-0.39, 0.29) is 24.9 Å². The van der Waals surface area contributed by atoms with Gasteiger partial charge >= 0.3 is 0 Å². The van der Waals surface area contributed by atoms with Crippen LogP contribution in [0.4, 0.5) is 5.69 Å². The maximum Gasteiger partial charge on any atom is 0.243 e. The highest BCUT2D eigenvalue weighted by Crippen LogP contribution is 2.16. The predicted molar refractivity (Wildman–Crippen MR) is 86.3 cm³/mol. The third-order valence-electron chi connectivity index (χ3n) is 3.70. The molecule has 0 saturated carbocycles. The van der Waals surface area contributed by atoms with Gasteiger partial charge in [0.25, 0.3) is 0 Å². The van der Waals surface area contributed by atoms with Gasteiger partial charge in [0, 0.05) is 12.2 Å². The number of nitrogens with zero attached hydrogens (tertiary/aromatic N) is 1. The number of carbonyl (C=O) groups is 2. The van der Waals surface area contributed by atoms with Crippen molar-refractivity contribution in [2.45, 2.75) is 25.8 Å². The van der Waals surface area contributed by atoms with Crippen LogP contribution in [0.25, 0.3) is 0 Å². The second kappa shape index (κ2) is 8.51. The number of benzene rings is 1. The number of nitrogens with one attached hydrogen (secondary N) is 2. The van der Waals surface area contributed by atoms with Crippen molar-refractivity contribution in [2.75, 3.05) is 31.5 Å². The minimum absolute atomic E-state index is 0.0631. The lowest BCUT2D eigenvalue weighted by molar-refractivity contribution is -0.123. The van der Waals surface area contributed by atoms with Gasteiger partial charge in [-0.2, -0.15) is 0 Å². The molecular formula is C16H24N4O2. The lowest BCUT2D eigenvalue weighted by Gasteiger charge is -2.26. The van der Waals surface area contributed by atoms with E-state index >= 15 is 0 Å². The van der Waals surface area contributed by atoms with Crippen LogP contribution in [0.3, 0.4) is 0 Å². The lowest BCUT2D eigenvalue weighted by Crippen LogP contribution is -2.36. The van der Waals surface area contributed by atoms with Crippen molar-refractivity contribution in [3.8, 4) is 0 Å². The number of hydrogen-bond donors (Lipinski definition) is 3. The molecule has 0 aromatic heterocycles. The highest BCUT2D eigenvalue weighted by molar-refractivity contribution is 5.94. The summed E-state index contributed by atoms with van der Waals surface area (Å²) in [5.41, 5.74) is 7.11. The van der Waals surface area contributed by atoms with E-state index in [9.17, 15) is 9.59 Å². The second-order valence-corrected chi connectivity index (χ2v) is 5.57. The first-order valence-electron chi connectivity index (χ1n) is 7.75. The van der Waals surface area contributed by atoms with Gasteiger partial charge < -0.3 is 16.4 Å². The minimum atomic E-state index is -0.339. The van der Waals surface area contributed by atoms with E-state index in [4.69, 9.17) is 5.73 Å². The molecule has 120 valence electrons. The number of piperidine rings is 1. The zero-order valence-electron chi connectivity index (χ0n) is 12.8. The summed E-state index contributed by atoms with van der Waals surface area (Å²) in [6.45, 7) is 3.02. The standard InChI is InChI=1S/C16H24N4O2/c17-10-15(21)18-11-16(22)19-14-6-4-5-13(9-14)12-20-7-2-1-3-8-20/h4-6,9H,1-3,7-8,10-12,17H2,(H,18,21)(H,19,22). The molecule has 0 spiro atoms. The molecular weight excluding hydrogens is 280 g/mol. The monoisotopic (exact) mass is 304 g/mol. The minimum Gasteiger partial charge on any atom is -0.346 e. The summed E-state index contributed by atoms with van der Waals surface area (Å²) < 4.78 is 0. The van der Waals surface area contributed by atoms with Crippen LogP contribution in [0.15, 0.2) is 24.3 Å². The highest BCUT2D eigenvalue weighted by atomic mass is 16.2. The summed E-state index contributed by atoms with van der Waals surface area (Å²) in [5.74, 6) is -0.592. The van der Waals surface area contributed by atoms with Crippen LogP contribution < -0.4 is 16.4 Å². The normalized spacial score (nSPS) is 15.3. The van der Waals surface area contributed by atoms with Gasteiger partial charge in [-0.05, 0) is 43.6 Å². The van der Waals surface area contributed by atoms with Gasteiger partial charge in [-0.1, -0.05) is 18.6 Å². The van der Waals surface area contributed by atoms with Crippen LogP contribution in [0.5, 0.6) is 0 Å². The Morgan fingerprint density at radius 1 is 1.14 bits per heavy atom. The molecule has 2 rings (SSSR count). The number of likely N-dealkylation sites (tertiary alicyclic amines) is 1. The largest absolute Gasteiger partial charge is 0.346 e. The van der Waals surface area contributed by atoms with Crippen LogP contribution in [-0.2, 0) is 16.1 Å². The van der Waals surface area contributed by atoms with Crippen LogP contribution >= 0.6 is 0 Å². The molecule has 1 saturated heterocycles. The first-order valence-corrected chi connectivity index (χ1v) is 7.75. The van der Waals surface area contributed by atoms with Crippen molar-refractivity contribution in [1.29, 1.82) is 0 Å². The van der Waals surface area contributed by atoms with Gasteiger partial charge in [0.1, 0.15) is 0 Å². The molecule has 6 nitrogen and oxygen atoms in total. The van der Waals surface area contributed by atoms with E-state index in [2.05, 4.69) is 21.6 Å². The lowest BCUT2D eigenvalue weighted by atomic mass is 10.1. The Morgan fingerprint density at radius 3 is 2.64 bits per heavy atom. The quantitative estimate of drug-likeness (QED) is 0.721. The molecule has 0 bridgehead atoms. The number of nitrogens with two attached hydrogens (primary N) is 1. The molecule has 4 N–H and O–H groups in total. The van der Waals surface area contributed by atoms with Crippen molar-refractivity contribution in [1.82, 2.24) is 10.2 Å². The van der Waals surface area contributed by atoms with Crippen LogP contribution in [-0.4, -0.2) is 42.9 Å². The first-order chi connectivity index (χ1) is 10.7. The molecule has 6 heteroatoms. The predicted octanol–water partition coefficient (Wildman–Crippen LogP) is 0.686. The van der Waals surface area contributed by atoms with Gasteiger partial charge in [0.2, 0.25) is 11.8 Å². The molecule has 1 fully saturated rings. The summed E-state index contributed by atoms with van der Waals surface area (Å²) in [4.78, 5) is 25.2. The molecule has 1 aliphatic heterocycles. The fourth-order valence-corrected chi connectivity index (χ4v) is 2.58. The Bertz CT molecular complexity index is 513. The Labute approximate surface area is 131 Å². The van der Waals surface area contributed by atoms with Crippen molar-refractivity contribution in [3.63, 3.8) is 0 Å². The summed E-state index contributed by atoms with van der Waals surface area (Å²) in [6.07, 6.45) is 3.84. The number of amides is 2. The summed E-state index contributed by atoms with van der Waals surface area (Å²) in [5, 5.41) is 5.23. The van der Waals surface area contributed by atoms with Crippen molar-refractivity contribution >= 4 is 17.5 Å². The SMILES string of the molecule is NCC(=O)NCC(=O)Nc1cccc(CN2CCCCC2)c1. The van der Waals surface area contributed by atoms with Crippen LogP contribution in [0.1, 0.15) is 24.8 Å². The first kappa shape index (κ1) is 16.5. The molecule has 1 aliphatic rings. The number of anilines is 1. The van der Waals surface area contributed by atoms with Gasteiger partial charge in [-0.3, -0.25) is 14.5 Å². The number of carbonyl (C=O) groups excluding carboxylic acids is 2. The molecule has 22 heavy (non-hydrogen) atoms. The topological polar surface area (TPSA) is 87.5 Å². The summed E-state index contributed by atoms with van der Waals surface area (Å²) >= 11 is 0. The smallest absolute Gasteiger partial charge is 0.243 e. The van der Waals surface area contributed by atoms with Crippen LogP contribution in [0, 0.1) is 0 Å². The third-order valence-corrected chi connectivity index (χ3v) is 3.70. The van der Waals surface area contributed by atoms with E-state index in [1.54, 1.807) is 0 Å². The third kappa shape index (κ3) is 5.46. The van der Waals surface area contributed by atoms with Crippen molar-refractivity contribution in [2.24, 2.45) is 5.73 Å². The van der Waals surface area contributed by atoms with Gasteiger partial charge in [0.15, 0.2) is 0 Å². The van der Waals surface area contributed by atoms with Crippen molar-refractivity contribution < 1.29 is 9.59 Å². The average molecular weight is 304 g/mol. The molecule has 0 unspecified atom stereocenters. The zero-order valence-corrected chi connectivity index (χ0v) is 12.8. The number of hydrogen-bond acceptors (Lipinski definition) is 4. The van der Waals surface area contributed by atoms with Crippen LogP contribution in [0.2, 0.25) is 0 Å². The summed E-state index contributed by atoms with van der Waals surface area (Å²) in [6, 6.07) is 7.84. The fraction of sp³-hybridized carbons (Fsp3) is 0.500. The van der Waals surface area contributed by atoms with Gasteiger partial charge in [-0.25, -0.2) is 0 Å². The van der Waals surface area contributed by atoms with Crippen molar-refractivity contribution in [3.05, 3.63) is 29.8 Å². The molecule has 0 atom stereocenters. The molecule has 0 aliphatic carbocycles. The molecule has 1 heterocycles. The Hall–Kier alpha value is -1.92. The maximum atomic E-state index is 11.8. The maximum absolute atomic E-state index is 11.8. The highest BCUT2D eigenvalue weighted by Gasteiger charge is 2.11. The van der Waals surface area contributed by atoms with E-state index in [0.717, 1.165) is 25.3 Å². The Balaban J connectivity index is 1.85. The molecule has 2 amide bonds. The zero-order chi connectivity index (χ0) is 15.8. The molecule has 1 aromatic carbocycles. The van der Waals surface area contributed by atoms with E-state index in [1.165, 1.54) is 24.8 Å². The Morgan fingerprint density at radius 2 is 1.91 bits per heavy atom. The van der Waals surface area contributed by atoms with Gasteiger partial charge in [0.05, 0.1) is 13.1 Å². The Kier molecular flexibility index (Phi) is 6.36. The van der Waals surface area contributed by atoms with E-state index in [0.29, 0.717) is 0 Å². The van der Waals surface area contributed by atoms with Gasteiger partial charge in [-0.15, -0.1) is 0 Å². The van der Waals surface area contributed by atoms with E-state index in [1.807, 2.05) is 18.2 Å². The fourth-order valence-electron chi connectivity index (χ4n) is 2.58. The average Bonchev–Trinajstić information content (AvgIpc) is 2.54. The second-order valence-electron chi connectivity index (χ2n) is 5.57.